The van der Waals surface area contributed by atoms with Crippen molar-refractivity contribution in [3.8, 4) is 0 Å². The molecular formula is C20H27F3N2O2. The van der Waals surface area contributed by atoms with Gasteiger partial charge in [0.25, 0.3) is 5.91 Å². The second-order valence-electron chi connectivity index (χ2n) is 7.46. The summed E-state index contributed by atoms with van der Waals surface area (Å²) >= 11 is 0. The van der Waals surface area contributed by atoms with Crippen molar-refractivity contribution in [1.82, 2.24) is 10.2 Å². The first-order valence-corrected chi connectivity index (χ1v) is 9.31. The van der Waals surface area contributed by atoms with Crippen LogP contribution in [0.3, 0.4) is 0 Å². The molecule has 1 saturated carbocycles. The summed E-state index contributed by atoms with van der Waals surface area (Å²) in [6, 6.07) is 6.84. The van der Waals surface area contributed by atoms with Gasteiger partial charge in [0, 0.05) is 31.1 Å². The van der Waals surface area contributed by atoms with Crippen LogP contribution in [0.25, 0.3) is 0 Å². The highest BCUT2D eigenvalue weighted by atomic mass is 19.4. The second kappa shape index (κ2) is 8.76. The number of carbonyl (C=O) groups is 2. The number of nitrogens with one attached hydrogen (secondary N) is 1. The standard InChI is InChI=1S/C20H27F3N2O2/c1-13(2)25(3)19(27)15-10-8-14(9-11-15)12-24-18(26)16-6-4-5-7-17(16)20(21,22)23/h8-11,13,16-17H,4-7,12H2,1-3H3,(H,24,26)/t16-,17+/m1/s1. The lowest BCUT2D eigenvalue weighted by molar-refractivity contribution is -0.198. The third-order valence-electron chi connectivity index (χ3n) is 5.29. The summed E-state index contributed by atoms with van der Waals surface area (Å²) in [5.74, 6) is -3.22. The maximum absolute atomic E-state index is 13.1. The van der Waals surface area contributed by atoms with E-state index in [4.69, 9.17) is 0 Å². The summed E-state index contributed by atoms with van der Waals surface area (Å²) in [7, 11) is 1.72. The molecule has 0 heterocycles. The molecule has 7 heteroatoms. The van der Waals surface area contributed by atoms with Crippen LogP contribution >= 0.6 is 0 Å². The van der Waals surface area contributed by atoms with Gasteiger partial charge in [-0.3, -0.25) is 9.59 Å². The van der Waals surface area contributed by atoms with E-state index in [2.05, 4.69) is 5.32 Å². The fourth-order valence-corrected chi connectivity index (χ4v) is 3.36. The van der Waals surface area contributed by atoms with E-state index in [0.717, 1.165) is 5.56 Å². The van der Waals surface area contributed by atoms with E-state index in [9.17, 15) is 22.8 Å². The van der Waals surface area contributed by atoms with Crippen LogP contribution in [0.5, 0.6) is 0 Å². The third kappa shape index (κ3) is 5.47. The first-order chi connectivity index (χ1) is 12.6. The van der Waals surface area contributed by atoms with Gasteiger partial charge in [0.05, 0.1) is 5.92 Å². The number of rotatable bonds is 5. The molecule has 2 atom stereocenters. The van der Waals surface area contributed by atoms with Gasteiger partial charge >= 0.3 is 6.18 Å². The topological polar surface area (TPSA) is 49.4 Å². The Kier molecular flexibility index (Phi) is 6.89. The van der Waals surface area contributed by atoms with E-state index < -0.39 is 23.9 Å². The van der Waals surface area contributed by atoms with E-state index in [1.807, 2.05) is 13.8 Å². The Labute approximate surface area is 158 Å². The lowest BCUT2D eigenvalue weighted by Crippen LogP contribution is -2.42. The SMILES string of the molecule is CC(C)N(C)C(=O)c1ccc(CNC(=O)[C@@H]2CCCC[C@@H]2C(F)(F)F)cc1. The molecule has 27 heavy (non-hydrogen) atoms. The number of alkyl halides is 3. The number of nitrogens with zero attached hydrogens (tertiary/aromatic N) is 1. The predicted octanol–water partition coefficient (Wildman–Crippen LogP) is 4.15. The Bertz CT molecular complexity index is 656. The number of hydrogen-bond donors (Lipinski definition) is 1. The number of halogens is 3. The van der Waals surface area contributed by atoms with Gasteiger partial charge in [0.2, 0.25) is 5.91 Å². The van der Waals surface area contributed by atoms with Gasteiger partial charge in [0.15, 0.2) is 0 Å². The molecule has 4 nitrogen and oxygen atoms in total. The van der Waals surface area contributed by atoms with Crippen LogP contribution in [-0.2, 0) is 11.3 Å². The quantitative estimate of drug-likeness (QED) is 0.829. The summed E-state index contributed by atoms with van der Waals surface area (Å²) in [5.41, 5.74) is 1.28. The van der Waals surface area contributed by atoms with Crippen LogP contribution in [0, 0.1) is 11.8 Å². The van der Waals surface area contributed by atoms with Gasteiger partial charge < -0.3 is 10.2 Å². The van der Waals surface area contributed by atoms with Gasteiger partial charge in [-0.25, -0.2) is 0 Å². The Morgan fingerprint density at radius 3 is 2.30 bits per heavy atom. The van der Waals surface area contributed by atoms with Crippen molar-refractivity contribution < 1.29 is 22.8 Å². The van der Waals surface area contributed by atoms with E-state index in [-0.39, 0.29) is 31.3 Å². The molecule has 1 aliphatic carbocycles. The molecule has 0 bridgehead atoms. The highest BCUT2D eigenvalue weighted by Gasteiger charge is 2.47. The van der Waals surface area contributed by atoms with Crippen molar-refractivity contribution in [2.45, 2.75) is 58.3 Å². The number of hydrogen-bond acceptors (Lipinski definition) is 2. The monoisotopic (exact) mass is 384 g/mol. The van der Waals surface area contributed by atoms with Crippen molar-refractivity contribution in [3.63, 3.8) is 0 Å². The zero-order valence-corrected chi connectivity index (χ0v) is 16.0. The van der Waals surface area contributed by atoms with Crippen LogP contribution in [0.2, 0.25) is 0 Å². The van der Waals surface area contributed by atoms with Crippen molar-refractivity contribution in [2.24, 2.45) is 11.8 Å². The smallest absolute Gasteiger partial charge is 0.352 e. The molecule has 0 saturated heterocycles. The molecule has 1 aromatic carbocycles. The molecule has 0 radical (unpaired) electrons. The molecule has 150 valence electrons. The first kappa shape index (κ1) is 21.3. The maximum Gasteiger partial charge on any atom is 0.392 e. The molecule has 0 spiro atoms. The van der Waals surface area contributed by atoms with Gasteiger partial charge in [-0.2, -0.15) is 13.2 Å². The molecule has 0 unspecified atom stereocenters. The number of carbonyl (C=O) groups excluding carboxylic acids is 2. The van der Waals surface area contributed by atoms with Gasteiger partial charge in [-0.1, -0.05) is 25.0 Å². The highest BCUT2D eigenvalue weighted by molar-refractivity contribution is 5.94. The minimum atomic E-state index is -4.34. The summed E-state index contributed by atoms with van der Waals surface area (Å²) in [6.45, 7) is 3.98. The Morgan fingerprint density at radius 1 is 1.15 bits per heavy atom. The molecule has 1 fully saturated rings. The fraction of sp³-hybridized carbons (Fsp3) is 0.600. The number of benzene rings is 1. The average molecular weight is 384 g/mol. The third-order valence-corrected chi connectivity index (χ3v) is 5.29. The molecule has 1 aliphatic rings. The van der Waals surface area contributed by atoms with Crippen LogP contribution in [0.15, 0.2) is 24.3 Å². The predicted molar refractivity (Wildman–Crippen MR) is 97.0 cm³/mol. The Balaban J connectivity index is 1.96. The van der Waals surface area contributed by atoms with Crippen LogP contribution in [-0.4, -0.2) is 36.0 Å². The lowest BCUT2D eigenvalue weighted by Gasteiger charge is -2.32. The van der Waals surface area contributed by atoms with E-state index in [1.54, 1.807) is 36.2 Å². The lowest BCUT2D eigenvalue weighted by atomic mass is 9.78. The average Bonchev–Trinajstić information content (AvgIpc) is 2.64. The van der Waals surface area contributed by atoms with Crippen LogP contribution < -0.4 is 5.32 Å². The van der Waals surface area contributed by atoms with Crippen molar-refractivity contribution >= 4 is 11.8 Å². The zero-order valence-electron chi connectivity index (χ0n) is 16.0. The summed E-state index contributed by atoms with van der Waals surface area (Å²) in [5, 5.41) is 2.63. The van der Waals surface area contributed by atoms with Gasteiger partial charge in [0.1, 0.15) is 0 Å². The Hall–Kier alpha value is -2.05. The zero-order chi connectivity index (χ0) is 20.2. The summed E-state index contributed by atoms with van der Waals surface area (Å²) in [6.07, 6.45) is -2.90. The van der Waals surface area contributed by atoms with Crippen LogP contribution in [0.4, 0.5) is 13.2 Å². The van der Waals surface area contributed by atoms with Crippen LogP contribution in [0.1, 0.15) is 55.5 Å². The normalized spacial score (nSPS) is 20.4. The molecular weight excluding hydrogens is 357 g/mol. The van der Waals surface area contributed by atoms with E-state index in [0.29, 0.717) is 18.4 Å². The molecule has 1 aromatic rings. The molecule has 2 rings (SSSR count). The minimum absolute atomic E-state index is 0.0156. The molecule has 0 aromatic heterocycles. The van der Waals surface area contributed by atoms with E-state index >= 15 is 0 Å². The largest absolute Gasteiger partial charge is 0.392 e. The summed E-state index contributed by atoms with van der Waals surface area (Å²) in [4.78, 5) is 26.2. The number of amides is 2. The minimum Gasteiger partial charge on any atom is -0.352 e. The molecule has 1 N–H and O–H groups in total. The highest BCUT2D eigenvalue weighted by Crippen LogP contribution is 2.41. The maximum atomic E-state index is 13.1. The van der Waals surface area contributed by atoms with Crippen molar-refractivity contribution in [2.75, 3.05) is 7.05 Å². The van der Waals surface area contributed by atoms with Gasteiger partial charge in [-0.15, -0.1) is 0 Å². The van der Waals surface area contributed by atoms with Crippen molar-refractivity contribution in [1.29, 1.82) is 0 Å². The Morgan fingerprint density at radius 2 is 1.74 bits per heavy atom. The molecule has 0 aliphatic heterocycles. The van der Waals surface area contributed by atoms with E-state index in [1.165, 1.54) is 0 Å². The van der Waals surface area contributed by atoms with Gasteiger partial charge in [-0.05, 0) is 44.4 Å². The fourth-order valence-electron chi connectivity index (χ4n) is 3.36. The summed E-state index contributed by atoms with van der Waals surface area (Å²) < 4.78 is 39.4. The molecule has 2 amide bonds. The second-order valence-corrected chi connectivity index (χ2v) is 7.46. The first-order valence-electron chi connectivity index (χ1n) is 9.31. The van der Waals surface area contributed by atoms with Crippen molar-refractivity contribution in [3.05, 3.63) is 35.4 Å².